The van der Waals surface area contributed by atoms with E-state index >= 15 is 0 Å². The SMILES string of the molecule is COc1ccc(CSCC(=O)Nc2cc3c(cc2C(C)=O)OCO3)cc1[N+](=O)[O-]. The first-order chi connectivity index (χ1) is 13.9. The summed E-state index contributed by atoms with van der Waals surface area (Å²) in [6.07, 6.45) is 0. The van der Waals surface area contributed by atoms with Crippen molar-refractivity contribution in [3.63, 3.8) is 0 Å². The molecule has 0 unspecified atom stereocenters. The van der Waals surface area contributed by atoms with Gasteiger partial charge in [-0.1, -0.05) is 6.07 Å². The maximum atomic E-state index is 12.3. The lowest BCUT2D eigenvalue weighted by molar-refractivity contribution is -0.385. The molecule has 9 nitrogen and oxygen atoms in total. The number of thioether (sulfide) groups is 1. The Morgan fingerprint density at radius 1 is 1.24 bits per heavy atom. The van der Waals surface area contributed by atoms with Gasteiger partial charge in [-0.2, -0.15) is 0 Å². The number of nitrogens with zero attached hydrogens (tertiary/aromatic N) is 1. The molecule has 29 heavy (non-hydrogen) atoms. The number of amides is 1. The van der Waals surface area contributed by atoms with Gasteiger partial charge < -0.3 is 19.5 Å². The monoisotopic (exact) mass is 418 g/mol. The number of carbonyl (C=O) groups excluding carboxylic acids is 2. The molecule has 0 bridgehead atoms. The molecular formula is C19H18N2O7S. The number of nitrogens with one attached hydrogen (secondary N) is 1. The Labute approximate surface area is 170 Å². The standard InChI is InChI=1S/C19H18N2O7S/c1-11(22)13-6-17-18(28-10-27-17)7-14(13)20-19(23)9-29-8-12-3-4-16(26-2)15(5-12)21(24)25/h3-7H,8-10H2,1-2H3,(H,20,23). The third-order valence-corrected chi connectivity index (χ3v) is 5.11. The topological polar surface area (TPSA) is 117 Å². The number of nitro groups is 1. The second kappa shape index (κ2) is 8.82. The molecule has 0 atom stereocenters. The molecular weight excluding hydrogens is 400 g/mol. The number of hydrogen-bond acceptors (Lipinski definition) is 8. The molecule has 0 aliphatic carbocycles. The van der Waals surface area contributed by atoms with E-state index < -0.39 is 4.92 Å². The van der Waals surface area contributed by atoms with E-state index in [1.54, 1.807) is 18.2 Å². The Morgan fingerprint density at radius 2 is 1.97 bits per heavy atom. The number of ketones is 1. The van der Waals surface area contributed by atoms with Crippen LogP contribution in [0.3, 0.4) is 0 Å². The van der Waals surface area contributed by atoms with Gasteiger partial charge in [-0.05, 0) is 24.6 Å². The largest absolute Gasteiger partial charge is 0.490 e. The Morgan fingerprint density at radius 3 is 2.62 bits per heavy atom. The average molecular weight is 418 g/mol. The molecule has 0 spiro atoms. The lowest BCUT2D eigenvalue weighted by Crippen LogP contribution is -2.16. The Hall–Kier alpha value is -3.27. The highest BCUT2D eigenvalue weighted by Crippen LogP contribution is 2.37. The summed E-state index contributed by atoms with van der Waals surface area (Å²) in [5.41, 5.74) is 1.26. The molecule has 10 heteroatoms. The van der Waals surface area contributed by atoms with Crippen molar-refractivity contribution in [2.24, 2.45) is 0 Å². The number of methoxy groups -OCH3 is 1. The van der Waals surface area contributed by atoms with Gasteiger partial charge in [-0.25, -0.2) is 0 Å². The summed E-state index contributed by atoms with van der Waals surface area (Å²) >= 11 is 1.29. The zero-order valence-corrected chi connectivity index (χ0v) is 16.5. The van der Waals surface area contributed by atoms with E-state index in [0.717, 1.165) is 0 Å². The highest BCUT2D eigenvalue weighted by molar-refractivity contribution is 7.99. The van der Waals surface area contributed by atoms with Crippen LogP contribution < -0.4 is 19.5 Å². The molecule has 1 aliphatic heterocycles. The van der Waals surface area contributed by atoms with E-state index in [1.165, 1.54) is 37.9 Å². The maximum absolute atomic E-state index is 12.3. The molecule has 1 N–H and O–H groups in total. The molecule has 3 rings (SSSR count). The van der Waals surface area contributed by atoms with Gasteiger partial charge in [-0.15, -0.1) is 11.8 Å². The number of nitro benzene ring substituents is 1. The zero-order valence-electron chi connectivity index (χ0n) is 15.7. The van der Waals surface area contributed by atoms with E-state index in [-0.39, 0.29) is 35.7 Å². The van der Waals surface area contributed by atoms with Crippen LogP contribution in [0.4, 0.5) is 11.4 Å². The summed E-state index contributed by atoms with van der Waals surface area (Å²) in [4.78, 5) is 34.8. The van der Waals surface area contributed by atoms with Crippen molar-refractivity contribution in [2.75, 3.05) is 25.0 Å². The fraction of sp³-hybridized carbons (Fsp3) is 0.263. The first-order valence-electron chi connectivity index (χ1n) is 8.52. The number of hydrogen-bond donors (Lipinski definition) is 1. The van der Waals surface area contributed by atoms with E-state index in [9.17, 15) is 19.7 Å². The van der Waals surface area contributed by atoms with E-state index in [2.05, 4.69) is 5.32 Å². The smallest absolute Gasteiger partial charge is 0.311 e. The van der Waals surface area contributed by atoms with Crippen LogP contribution in [-0.2, 0) is 10.5 Å². The van der Waals surface area contributed by atoms with Crippen molar-refractivity contribution in [1.29, 1.82) is 0 Å². The first-order valence-corrected chi connectivity index (χ1v) is 9.68. The molecule has 152 valence electrons. The first kappa shape index (κ1) is 20.5. The number of rotatable bonds is 8. The molecule has 0 saturated heterocycles. The maximum Gasteiger partial charge on any atom is 0.311 e. The zero-order chi connectivity index (χ0) is 21.0. The number of fused-ring (bicyclic) bond motifs is 1. The number of benzene rings is 2. The highest BCUT2D eigenvalue weighted by atomic mass is 32.2. The van der Waals surface area contributed by atoms with Crippen molar-refractivity contribution in [3.05, 3.63) is 51.6 Å². The second-order valence-electron chi connectivity index (χ2n) is 6.11. The van der Waals surface area contributed by atoms with E-state index in [0.29, 0.717) is 34.1 Å². The molecule has 0 radical (unpaired) electrons. The van der Waals surface area contributed by atoms with Gasteiger partial charge in [0.15, 0.2) is 23.0 Å². The predicted octanol–water partition coefficient (Wildman–Crippen LogP) is 3.41. The van der Waals surface area contributed by atoms with Crippen LogP contribution in [0.5, 0.6) is 17.2 Å². The fourth-order valence-corrected chi connectivity index (χ4v) is 3.53. The molecule has 1 amide bonds. The third-order valence-electron chi connectivity index (χ3n) is 4.11. The summed E-state index contributed by atoms with van der Waals surface area (Å²) in [7, 11) is 1.37. The van der Waals surface area contributed by atoms with Crippen molar-refractivity contribution >= 4 is 34.8 Å². The van der Waals surface area contributed by atoms with Crippen LogP contribution in [0.15, 0.2) is 30.3 Å². The van der Waals surface area contributed by atoms with Gasteiger partial charge in [0, 0.05) is 23.4 Å². The predicted molar refractivity (Wildman–Crippen MR) is 107 cm³/mol. The highest BCUT2D eigenvalue weighted by Gasteiger charge is 2.20. The molecule has 0 fully saturated rings. The lowest BCUT2D eigenvalue weighted by atomic mass is 10.1. The van der Waals surface area contributed by atoms with Crippen molar-refractivity contribution in [3.8, 4) is 17.2 Å². The van der Waals surface area contributed by atoms with Crippen LogP contribution in [0.2, 0.25) is 0 Å². The van der Waals surface area contributed by atoms with Gasteiger partial charge in [-0.3, -0.25) is 19.7 Å². The molecule has 2 aromatic rings. The van der Waals surface area contributed by atoms with Crippen LogP contribution in [0, 0.1) is 10.1 Å². The molecule has 0 saturated carbocycles. The fourth-order valence-electron chi connectivity index (χ4n) is 2.75. The lowest BCUT2D eigenvalue weighted by Gasteiger charge is -2.10. The summed E-state index contributed by atoms with van der Waals surface area (Å²) in [5.74, 6) is 1.09. The van der Waals surface area contributed by atoms with Crippen molar-refractivity contribution in [1.82, 2.24) is 0 Å². The molecule has 1 aliphatic rings. The summed E-state index contributed by atoms with van der Waals surface area (Å²) in [5, 5.41) is 13.8. The van der Waals surface area contributed by atoms with Gasteiger partial charge >= 0.3 is 5.69 Å². The minimum Gasteiger partial charge on any atom is -0.490 e. The minimum absolute atomic E-state index is 0.0634. The van der Waals surface area contributed by atoms with Gasteiger partial charge in [0.1, 0.15) is 0 Å². The van der Waals surface area contributed by atoms with Crippen molar-refractivity contribution < 1.29 is 28.7 Å². The number of anilines is 1. The van der Waals surface area contributed by atoms with Crippen LogP contribution in [0.1, 0.15) is 22.8 Å². The summed E-state index contributed by atoms with van der Waals surface area (Å²) in [6.45, 7) is 1.46. The van der Waals surface area contributed by atoms with Crippen molar-refractivity contribution in [2.45, 2.75) is 12.7 Å². The Balaban J connectivity index is 1.62. The number of Topliss-reactive ketones (excluding diaryl/α,β-unsaturated/α-hetero) is 1. The Kier molecular flexibility index (Phi) is 6.23. The van der Waals surface area contributed by atoms with Crippen LogP contribution in [0.25, 0.3) is 0 Å². The number of ether oxygens (including phenoxy) is 3. The minimum atomic E-state index is -0.511. The molecule has 2 aromatic carbocycles. The number of carbonyl (C=O) groups is 2. The third kappa shape index (κ3) is 4.77. The van der Waals surface area contributed by atoms with Crippen LogP contribution >= 0.6 is 11.8 Å². The normalized spacial score (nSPS) is 11.8. The van der Waals surface area contributed by atoms with E-state index in [4.69, 9.17) is 14.2 Å². The summed E-state index contributed by atoms with van der Waals surface area (Å²) < 4.78 is 15.5. The molecule has 0 aromatic heterocycles. The van der Waals surface area contributed by atoms with E-state index in [1.807, 2.05) is 0 Å². The summed E-state index contributed by atoms with van der Waals surface area (Å²) in [6, 6.07) is 7.77. The van der Waals surface area contributed by atoms with Crippen LogP contribution in [-0.4, -0.2) is 36.3 Å². The Bertz CT molecular complexity index is 977. The van der Waals surface area contributed by atoms with Gasteiger partial charge in [0.25, 0.3) is 0 Å². The average Bonchev–Trinajstić information content (AvgIpc) is 3.14. The van der Waals surface area contributed by atoms with Gasteiger partial charge in [0.2, 0.25) is 12.7 Å². The quantitative estimate of drug-likeness (QED) is 0.394. The second-order valence-corrected chi connectivity index (χ2v) is 7.10. The van der Waals surface area contributed by atoms with Gasteiger partial charge in [0.05, 0.1) is 23.5 Å². The molecule has 1 heterocycles.